The molecule has 0 unspecified atom stereocenters. The van der Waals surface area contributed by atoms with E-state index in [1.165, 1.54) is 23.5 Å². The lowest BCUT2D eigenvalue weighted by molar-refractivity contribution is -0.384. The molecule has 0 aliphatic carbocycles. The molecule has 0 spiro atoms. The van der Waals surface area contributed by atoms with Crippen LogP contribution < -0.4 is 4.90 Å². The number of anilines is 1. The van der Waals surface area contributed by atoms with E-state index in [1.54, 1.807) is 48.5 Å². The molecule has 190 valence electrons. The van der Waals surface area contributed by atoms with E-state index in [9.17, 15) is 14.9 Å². The summed E-state index contributed by atoms with van der Waals surface area (Å²) in [4.78, 5) is 29.1. The summed E-state index contributed by atoms with van der Waals surface area (Å²) in [5, 5.41) is 28.8. The molecule has 0 amide bonds. The SMILES string of the molecule is C=Cc1ccc(C(=O)OCCN(CCC#N)c2ccc(N=Nc3nc4ccc([N+](=O)[O-])cc4s3)cc2)cc1. The first kappa shape index (κ1) is 26.1. The van der Waals surface area contributed by atoms with Gasteiger partial charge in [-0.3, -0.25) is 10.1 Å². The van der Waals surface area contributed by atoms with Crippen LogP contribution in [-0.4, -0.2) is 35.6 Å². The number of non-ortho nitro benzene ring substituents is 1. The van der Waals surface area contributed by atoms with Crippen LogP contribution in [0.15, 0.2) is 83.5 Å². The quantitative estimate of drug-likeness (QED) is 0.0903. The number of nitriles is 1. The molecule has 0 N–H and O–H groups in total. The number of aromatic nitrogens is 1. The number of hydrogen-bond donors (Lipinski definition) is 0. The van der Waals surface area contributed by atoms with Gasteiger partial charge < -0.3 is 9.64 Å². The predicted octanol–water partition coefficient (Wildman–Crippen LogP) is 6.84. The number of azo groups is 1. The van der Waals surface area contributed by atoms with Crippen molar-refractivity contribution in [3.63, 3.8) is 0 Å². The number of esters is 1. The second-order valence-corrected chi connectivity index (χ2v) is 8.99. The number of rotatable bonds is 11. The molecule has 1 heterocycles. The summed E-state index contributed by atoms with van der Waals surface area (Å²) in [6.45, 7) is 4.74. The molecule has 0 fully saturated rings. The molecule has 3 aromatic carbocycles. The van der Waals surface area contributed by atoms with E-state index in [0.717, 1.165) is 11.3 Å². The van der Waals surface area contributed by atoms with Crippen LogP contribution in [0.3, 0.4) is 0 Å². The van der Waals surface area contributed by atoms with Gasteiger partial charge in [-0.05, 0) is 48.0 Å². The molecule has 0 saturated carbocycles. The maximum atomic E-state index is 12.3. The summed E-state index contributed by atoms with van der Waals surface area (Å²) in [5.41, 5.74) is 3.43. The molecule has 0 aliphatic rings. The standard InChI is InChI=1S/C27H22N6O4S/c1-2-19-4-6-20(7-5-19)26(34)37-17-16-32(15-3-14-28)22-10-8-21(9-11-22)30-31-27-29-24-13-12-23(33(35)36)18-25(24)38-27/h2,4-13,18H,1,3,15-17H2. The van der Waals surface area contributed by atoms with E-state index in [-0.39, 0.29) is 12.3 Å². The van der Waals surface area contributed by atoms with Crippen LogP contribution in [0.25, 0.3) is 16.3 Å². The van der Waals surface area contributed by atoms with Crippen LogP contribution in [-0.2, 0) is 4.74 Å². The van der Waals surface area contributed by atoms with Crippen molar-refractivity contribution in [2.24, 2.45) is 10.2 Å². The Morgan fingerprint density at radius 1 is 1.13 bits per heavy atom. The number of hydrogen-bond acceptors (Lipinski definition) is 10. The van der Waals surface area contributed by atoms with Crippen molar-refractivity contribution in [2.45, 2.75) is 6.42 Å². The van der Waals surface area contributed by atoms with Crippen LogP contribution in [0.1, 0.15) is 22.3 Å². The number of thiazole rings is 1. The molecule has 0 radical (unpaired) electrons. The van der Waals surface area contributed by atoms with Crippen molar-refractivity contribution in [3.05, 3.63) is 94.6 Å². The van der Waals surface area contributed by atoms with Gasteiger partial charge in [0, 0.05) is 24.4 Å². The molecule has 4 aromatic rings. The molecule has 38 heavy (non-hydrogen) atoms. The van der Waals surface area contributed by atoms with Gasteiger partial charge in [0.1, 0.15) is 6.61 Å². The number of fused-ring (bicyclic) bond motifs is 1. The molecule has 4 rings (SSSR count). The Morgan fingerprint density at radius 2 is 1.89 bits per heavy atom. The fourth-order valence-corrected chi connectivity index (χ4v) is 4.35. The Balaban J connectivity index is 1.38. The molecule has 0 aliphatic heterocycles. The number of ether oxygens (including phenoxy) is 1. The van der Waals surface area contributed by atoms with Crippen LogP contribution in [0.5, 0.6) is 0 Å². The average molecular weight is 527 g/mol. The van der Waals surface area contributed by atoms with Gasteiger partial charge in [0.25, 0.3) is 5.69 Å². The van der Waals surface area contributed by atoms with Gasteiger partial charge >= 0.3 is 5.97 Å². The molecule has 10 nitrogen and oxygen atoms in total. The second kappa shape index (κ2) is 12.3. The van der Waals surface area contributed by atoms with Crippen molar-refractivity contribution in [1.29, 1.82) is 5.26 Å². The van der Waals surface area contributed by atoms with E-state index in [1.807, 2.05) is 17.0 Å². The van der Waals surface area contributed by atoms with Crippen LogP contribution in [0, 0.1) is 21.4 Å². The first-order valence-corrected chi connectivity index (χ1v) is 12.4. The number of nitro benzene ring substituents is 1. The van der Waals surface area contributed by atoms with Crippen molar-refractivity contribution in [3.8, 4) is 6.07 Å². The van der Waals surface area contributed by atoms with Gasteiger partial charge in [0.05, 0.1) is 45.4 Å². The van der Waals surface area contributed by atoms with Gasteiger partial charge in [0.15, 0.2) is 0 Å². The largest absolute Gasteiger partial charge is 0.460 e. The smallest absolute Gasteiger partial charge is 0.338 e. The van der Waals surface area contributed by atoms with Crippen molar-refractivity contribution in [2.75, 3.05) is 24.6 Å². The Labute approximate surface area is 222 Å². The fourth-order valence-electron chi connectivity index (χ4n) is 3.53. The zero-order valence-corrected chi connectivity index (χ0v) is 21.0. The van der Waals surface area contributed by atoms with E-state index in [0.29, 0.717) is 46.1 Å². The topological polar surface area (TPSA) is 134 Å². The molecule has 1 aromatic heterocycles. The number of carbonyl (C=O) groups excluding carboxylic acids is 1. The van der Waals surface area contributed by atoms with E-state index in [2.05, 4.69) is 27.9 Å². The zero-order chi connectivity index (χ0) is 26.9. The Hall–Kier alpha value is -4.95. The Kier molecular flexibility index (Phi) is 8.48. The molecule has 0 atom stereocenters. The molecule has 0 bridgehead atoms. The van der Waals surface area contributed by atoms with Gasteiger partial charge in [-0.2, -0.15) is 5.26 Å². The first-order chi connectivity index (χ1) is 18.5. The van der Waals surface area contributed by atoms with Crippen LogP contribution >= 0.6 is 11.3 Å². The van der Waals surface area contributed by atoms with Gasteiger partial charge in [-0.1, -0.05) is 36.1 Å². The van der Waals surface area contributed by atoms with Crippen LogP contribution in [0.4, 0.5) is 22.2 Å². The Morgan fingerprint density at radius 3 is 2.58 bits per heavy atom. The highest BCUT2D eigenvalue weighted by Gasteiger charge is 2.12. The molecule has 0 saturated heterocycles. The first-order valence-electron chi connectivity index (χ1n) is 11.5. The number of nitro groups is 1. The highest BCUT2D eigenvalue weighted by Crippen LogP contribution is 2.32. The third kappa shape index (κ3) is 6.63. The third-order valence-electron chi connectivity index (χ3n) is 5.51. The summed E-state index contributed by atoms with van der Waals surface area (Å²) >= 11 is 1.22. The monoisotopic (exact) mass is 526 g/mol. The van der Waals surface area contributed by atoms with Gasteiger partial charge in [-0.25, -0.2) is 9.78 Å². The lowest BCUT2D eigenvalue weighted by atomic mass is 10.1. The summed E-state index contributed by atoms with van der Waals surface area (Å²) in [7, 11) is 0. The van der Waals surface area contributed by atoms with E-state index in [4.69, 9.17) is 10.00 Å². The maximum absolute atomic E-state index is 12.3. The maximum Gasteiger partial charge on any atom is 0.338 e. The average Bonchev–Trinajstić information content (AvgIpc) is 3.36. The summed E-state index contributed by atoms with van der Waals surface area (Å²) in [6, 6.07) is 20.8. The fraction of sp³-hybridized carbons (Fsp3) is 0.148. The normalized spacial score (nSPS) is 10.8. The molecule has 11 heteroatoms. The number of carbonyl (C=O) groups is 1. The van der Waals surface area contributed by atoms with E-state index < -0.39 is 10.9 Å². The third-order valence-corrected chi connectivity index (χ3v) is 6.41. The summed E-state index contributed by atoms with van der Waals surface area (Å²) < 4.78 is 6.08. The number of benzene rings is 3. The molecular formula is C27H22N6O4S. The minimum absolute atomic E-state index is 0.00174. The lowest BCUT2D eigenvalue weighted by Crippen LogP contribution is -2.29. The lowest BCUT2D eigenvalue weighted by Gasteiger charge is -2.23. The van der Waals surface area contributed by atoms with Gasteiger partial charge in [0.2, 0.25) is 5.13 Å². The molecular weight excluding hydrogens is 504 g/mol. The zero-order valence-electron chi connectivity index (χ0n) is 20.2. The van der Waals surface area contributed by atoms with E-state index >= 15 is 0 Å². The van der Waals surface area contributed by atoms with Crippen LogP contribution in [0.2, 0.25) is 0 Å². The number of nitrogens with zero attached hydrogens (tertiary/aromatic N) is 6. The van der Waals surface area contributed by atoms with Gasteiger partial charge in [-0.15, -0.1) is 10.2 Å². The Bertz CT molecular complexity index is 1520. The van der Waals surface area contributed by atoms with Crippen molar-refractivity contribution >= 4 is 55.8 Å². The van der Waals surface area contributed by atoms with Crippen molar-refractivity contribution in [1.82, 2.24) is 4.98 Å². The highest BCUT2D eigenvalue weighted by atomic mass is 32.1. The minimum Gasteiger partial charge on any atom is -0.460 e. The highest BCUT2D eigenvalue weighted by molar-refractivity contribution is 7.21. The summed E-state index contributed by atoms with van der Waals surface area (Å²) in [6.07, 6.45) is 2.01. The second-order valence-electron chi connectivity index (χ2n) is 7.98. The summed E-state index contributed by atoms with van der Waals surface area (Å²) in [5.74, 6) is -0.416. The predicted molar refractivity (Wildman–Crippen MR) is 146 cm³/mol. The van der Waals surface area contributed by atoms with Crippen molar-refractivity contribution < 1.29 is 14.5 Å². The minimum atomic E-state index is -0.450.